The fourth-order valence-electron chi connectivity index (χ4n) is 2.70. The van der Waals surface area contributed by atoms with Crippen molar-refractivity contribution in [2.75, 3.05) is 7.11 Å². The first-order valence-corrected chi connectivity index (χ1v) is 8.20. The Morgan fingerprint density at radius 3 is 2.69 bits per heavy atom. The molecule has 26 heavy (non-hydrogen) atoms. The van der Waals surface area contributed by atoms with E-state index in [1.54, 1.807) is 19.3 Å². The van der Waals surface area contributed by atoms with Crippen LogP contribution in [0.4, 0.5) is 0 Å². The molecule has 1 amide bonds. The second-order valence-corrected chi connectivity index (χ2v) is 5.81. The van der Waals surface area contributed by atoms with Gasteiger partial charge in [0.1, 0.15) is 16.9 Å². The Labute approximate surface area is 150 Å². The average Bonchev–Trinajstić information content (AvgIpc) is 2.67. The number of para-hydroxylation sites is 1. The highest BCUT2D eigenvalue weighted by atomic mass is 16.5. The van der Waals surface area contributed by atoms with Gasteiger partial charge < -0.3 is 14.5 Å². The van der Waals surface area contributed by atoms with Crippen molar-refractivity contribution in [2.45, 2.75) is 13.0 Å². The van der Waals surface area contributed by atoms with Crippen LogP contribution in [0.15, 0.2) is 70.4 Å². The van der Waals surface area contributed by atoms with E-state index in [1.165, 1.54) is 0 Å². The highest BCUT2D eigenvalue weighted by Crippen LogP contribution is 2.19. The molecule has 0 aliphatic carbocycles. The lowest BCUT2D eigenvalue weighted by Gasteiger charge is -2.07. The van der Waals surface area contributed by atoms with E-state index in [-0.39, 0.29) is 5.56 Å². The number of amides is 1. The third kappa shape index (κ3) is 3.67. The predicted octanol–water partition coefficient (Wildman–Crippen LogP) is 3.46. The van der Waals surface area contributed by atoms with Crippen molar-refractivity contribution >= 4 is 16.9 Å². The van der Waals surface area contributed by atoms with Gasteiger partial charge in [-0.3, -0.25) is 4.79 Å². The number of benzene rings is 2. The summed E-state index contributed by atoms with van der Waals surface area (Å²) < 4.78 is 10.5. The summed E-state index contributed by atoms with van der Waals surface area (Å²) in [4.78, 5) is 24.7. The molecule has 0 atom stereocenters. The minimum absolute atomic E-state index is 0.0123. The quantitative estimate of drug-likeness (QED) is 0.547. The lowest BCUT2D eigenvalue weighted by molar-refractivity contribution is 0.0947. The van der Waals surface area contributed by atoms with Crippen molar-refractivity contribution < 1.29 is 13.9 Å². The fourth-order valence-corrected chi connectivity index (χ4v) is 2.70. The molecule has 5 heteroatoms. The van der Waals surface area contributed by atoms with E-state index in [9.17, 15) is 9.59 Å². The van der Waals surface area contributed by atoms with E-state index in [0.717, 1.165) is 16.9 Å². The normalized spacial score (nSPS) is 10.5. The number of ether oxygens (including phenoxy) is 1. The Morgan fingerprint density at radius 2 is 2.00 bits per heavy atom. The van der Waals surface area contributed by atoms with Crippen LogP contribution in [0.2, 0.25) is 0 Å². The molecule has 0 saturated heterocycles. The topological polar surface area (TPSA) is 68.5 Å². The summed E-state index contributed by atoms with van der Waals surface area (Å²) in [7, 11) is 1.59. The highest BCUT2D eigenvalue weighted by molar-refractivity contribution is 5.96. The molecular weight excluding hydrogens is 330 g/mol. The van der Waals surface area contributed by atoms with Gasteiger partial charge in [-0.25, -0.2) is 4.79 Å². The zero-order chi connectivity index (χ0) is 18.5. The molecule has 1 aromatic heterocycles. The maximum atomic E-state index is 12.4. The van der Waals surface area contributed by atoms with Gasteiger partial charge in [0.05, 0.1) is 7.11 Å². The number of fused-ring (bicyclic) bond motifs is 1. The number of nitrogens with one attached hydrogen (secondary N) is 1. The van der Waals surface area contributed by atoms with E-state index in [1.807, 2.05) is 42.5 Å². The van der Waals surface area contributed by atoms with Gasteiger partial charge in [-0.05, 0) is 35.7 Å². The van der Waals surface area contributed by atoms with Crippen LogP contribution in [0, 0.1) is 0 Å². The van der Waals surface area contributed by atoms with Gasteiger partial charge in [-0.1, -0.05) is 36.4 Å². The molecule has 5 nitrogen and oxygen atoms in total. The monoisotopic (exact) mass is 349 g/mol. The number of allylic oxidation sites excluding steroid dienone is 1. The summed E-state index contributed by atoms with van der Waals surface area (Å²) in [6.45, 7) is 4.01. The number of rotatable bonds is 6. The van der Waals surface area contributed by atoms with Crippen LogP contribution in [0.5, 0.6) is 5.75 Å². The van der Waals surface area contributed by atoms with E-state index >= 15 is 0 Å². The van der Waals surface area contributed by atoms with Gasteiger partial charge in [0.25, 0.3) is 5.91 Å². The average molecular weight is 349 g/mol. The summed E-state index contributed by atoms with van der Waals surface area (Å²) in [5, 5.41) is 3.45. The SMILES string of the molecule is C=CCc1cccc2cc(C(=O)NCc3ccc(OC)cc3)c(=O)oc12. The first kappa shape index (κ1) is 17.5. The molecule has 3 aromatic rings. The summed E-state index contributed by atoms with van der Waals surface area (Å²) in [6, 6.07) is 14.4. The maximum Gasteiger partial charge on any atom is 0.349 e. The second kappa shape index (κ2) is 7.70. The molecule has 1 N–H and O–H groups in total. The van der Waals surface area contributed by atoms with Gasteiger partial charge in [0.15, 0.2) is 0 Å². The van der Waals surface area contributed by atoms with Gasteiger partial charge in [0, 0.05) is 11.9 Å². The van der Waals surface area contributed by atoms with Crippen LogP contribution in [0.1, 0.15) is 21.5 Å². The Balaban J connectivity index is 1.82. The molecular formula is C21H19NO4. The maximum absolute atomic E-state index is 12.4. The number of hydrogen-bond donors (Lipinski definition) is 1. The van der Waals surface area contributed by atoms with Crippen molar-refractivity contribution in [1.82, 2.24) is 5.32 Å². The first-order valence-electron chi connectivity index (χ1n) is 8.20. The number of carbonyl (C=O) groups excluding carboxylic acids is 1. The summed E-state index contributed by atoms with van der Waals surface area (Å²) >= 11 is 0. The molecule has 1 heterocycles. The van der Waals surface area contributed by atoms with Crippen LogP contribution in [0.25, 0.3) is 11.0 Å². The summed E-state index contributed by atoms with van der Waals surface area (Å²) in [5.74, 6) is 0.274. The largest absolute Gasteiger partial charge is 0.497 e. The van der Waals surface area contributed by atoms with Crippen LogP contribution in [-0.4, -0.2) is 13.0 Å². The van der Waals surface area contributed by atoms with Crippen LogP contribution >= 0.6 is 0 Å². The van der Waals surface area contributed by atoms with Crippen LogP contribution in [-0.2, 0) is 13.0 Å². The van der Waals surface area contributed by atoms with E-state index in [0.29, 0.717) is 23.9 Å². The van der Waals surface area contributed by atoms with Crippen molar-refractivity contribution in [3.05, 3.63) is 88.3 Å². The van der Waals surface area contributed by atoms with E-state index < -0.39 is 11.5 Å². The van der Waals surface area contributed by atoms with E-state index in [4.69, 9.17) is 9.15 Å². The lowest BCUT2D eigenvalue weighted by atomic mass is 10.1. The van der Waals surface area contributed by atoms with Gasteiger partial charge >= 0.3 is 5.63 Å². The third-order valence-electron chi connectivity index (χ3n) is 4.06. The Kier molecular flexibility index (Phi) is 5.17. The van der Waals surface area contributed by atoms with Crippen molar-refractivity contribution in [3.63, 3.8) is 0 Å². The Bertz CT molecular complexity index is 1000. The summed E-state index contributed by atoms with van der Waals surface area (Å²) in [6.07, 6.45) is 2.33. The number of hydrogen-bond acceptors (Lipinski definition) is 4. The second-order valence-electron chi connectivity index (χ2n) is 5.81. The zero-order valence-electron chi connectivity index (χ0n) is 14.5. The molecule has 0 radical (unpaired) electrons. The predicted molar refractivity (Wildman–Crippen MR) is 101 cm³/mol. The third-order valence-corrected chi connectivity index (χ3v) is 4.06. The minimum Gasteiger partial charge on any atom is -0.497 e. The molecule has 0 unspecified atom stereocenters. The molecule has 2 aromatic carbocycles. The molecule has 0 aliphatic heterocycles. The smallest absolute Gasteiger partial charge is 0.349 e. The highest BCUT2D eigenvalue weighted by Gasteiger charge is 2.14. The Hall–Kier alpha value is -3.34. The molecule has 0 saturated carbocycles. The van der Waals surface area contributed by atoms with Crippen LogP contribution < -0.4 is 15.7 Å². The van der Waals surface area contributed by atoms with Crippen molar-refractivity contribution in [2.24, 2.45) is 0 Å². The summed E-state index contributed by atoms with van der Waals surface area (Å²) in [5.41, 5.74) is 1.59. The molecule has 3 rings (SSSR count). The number of methoxy groups -OCH3 is 1. The molecule has 132 valence electrons. The number of carbonyl (C=O) groups is 1. The van der Waals surface area contributed by atoms with Gasteiger partial charge in [0.2, 0.25) is 0 Å². The van der Waals surface area contributed by atoms with Crippen molar-refractivity contribution in [3.8, 4) is 5.75 Å². The Morgan fingerprint density at radius 1 is 1.23 bits per heavy atom. The van der Waals surface area contributed by atoms with Crippen molar-refractivity contribution in [1.29, 1.82) is 0 Å². The standard InChI is InChI=1S/C21H19NO4/c1-3-5-15-6-4-7-16-12-18(21(24)26-19(15)16)20(23)22-13-14-8-10-17(25-2)11-9-14/h3-4,6-12H,1,5,13H2,2H3,(H,22,23). The molecule has 0 aliphatic rings. The van der Waals surface area contributed by atoms with E-state index in [2.05, 4.69) is 11.9 Å². The minimum atomic E-state index is -0.652. The molecule has 0 bridgehead atoms. The molecule has 0 spiro atoms. The van der Waals surface area contributed by atoms with Gasteiger partial charge in [-0.15, -0.1) is 6.58 Å². The fraction of sp³-hybridized carbons (Fsp3) is 0.143. The zero-order valence-corrected chi connectivity index (χ0v) is 14.5. The van der Waals surface area contributed by atoms with Crippen LogP contribution in [0.3, 0.4) is 0 Å². The van der Waals surface area contributed by atoms with Gasteiger partial charge in [-0.2, -0.15) is 0 Å². The lowest BCUT2D eigenvalue weighted by Crippen LogP contribution is -2.27. The molecule has 0 fully saturated rings. The first-order chi connectivity index (χ1) is 12.6.